The van der Waals surface area contributed by atoms with Crippen molar-refractivity contribution in [2.75, 3.05) is 13.1 Å². The molecule has 0 fully saturated rings. The van der Waals surface area contributed by atoms with E-state index in [2.05, 4.69) is 10.3 Å². The van der Waals surface area contributed by atoms with E-state index in [4.69, 9.17) is 0 Å². The van der Waals surface area contributed by atoms with E-state index in [9.17, 15) is 4.79 Å². The van der Waals surface area contributed by atoms with Gasteiger partial charge in [-0.25, -0.2) is 9.78 Å². The molecular formula is C9H15N3O. The minimum atomic E-state index is -0.177. The molecule has 72 valence electrons. The number of nitrogens with zero attached hydrogens (tertiary/aromatic N) is 2. The minimum Gasteiger partial charge on any atom is -0.315 e. The lowest BCUT2D eigenvalue weighted by Crippen LogP contribution is -2.28. The molecule has 1 aromatic heterocycles. The fourth-order valence-electron chi connectivity index (χ4n) is 1.10. The highest BCUT2D eigenvalue weighted by Gasteiger charge is 1.95. The number of rotatable bonds is 4. The first-order valence-corrected chi connectivity index (χ1v) is 4.48. The SMILES string of the molecule is CCNCCn1cc(C)cnc1=O. The number of hydrogen-bond acceptors (Lipinski definition) is 3. The Kier molecular flexibility index (Phi) is 3.64. The van der Waals surface area contributed by atoms with Crippen molar-refractivity contribution >= 4 is 0 Å². The van der Waals surface area contributed by atoms with E-state index in [-0.39, 0.29) is 5.69 Å². The molecule has 0 amide bonds. The maximum atomic E-state index is 11.2. The molecule has 0 atom stereocenters. The van der Waals surface area contributed by atoms with Crippen LogP contribution >= 0.6 is 0 Å². The van der Waals surface area contributed by atoms with Gasteiger partial charge in [0.25, 0.3) is 0 Å². The number of nitrogens with one attached hydrogen (secondary N) is 1. The van der Waals surface area contributed by atoms with Crippen LogP contribution in [0.1, 0.15) is 12.5 Å². The third-order valence-electron chi connectivity index (χ3n) is 1.76. The van der Waals surface area contributed by atoms with Crippen molar-refractivity contribution in [2.24, 2.45) is 0 Å². The van der Waals surface area contributed by atoms with E-state index in [1.54, 1.807) is 10.8 Å². The van der Waals surface area contributed by atoms with Gasteiger partial charge in [-0.3, -0.25) is 4.57 Å². The molecule has 13 heavy (non-hydrogen) atoms. The third kappa shape index (κ3) is 2.99. The third-order valence-corrected chi connectivity index (χ3v) is 1.76. The molecule has 0 saturated carbocycles. The molecule has 0 saturated heterocycles. The predicted molar refractivity (Wildman–Crippen MR) is 51.8 cm³/mol. The quantitative estimate of drug-likeness (QED) is 0.673. The Morgan fingerprint density at radius 1 is 1.62 bits per heavy atom. The van der Waals surface area contributed by atoms with E-state index < -0.39 is 0 Å². The van der Waals surface area contributed by atoms with Gasteiger partial charge in [-0.05, 0) is 19.0 Å². The van der Waals surface area contributed by atoms with Crippen LogP contribution in [0.5, 0.6) is 0 Å². The number of hydrogen-bond donors (Lipinski definition) is 1. The summed E-state index contributed by atoms with van der Waals surface area (Å²) >= 11 is 0. The normalized spacial score (nSPS) is 10.3. The lowest BCUT2D eigenvalue weighted by molar-refractivity contribution is 0.586. The van der Waals surface area contributed by atoms with Gasteiger partial charge in [-0.1, -0.05) is 6.92 Å². The highest BCUT2D eigenvalue weighted by atomic mass is 16.1. The smallest absolute Gasteiger partial charge is 0.315 e. The molecule has 0 aliphatic carbocycles. The van der Waals surface area contributed by atoms with Crippen molar-refractivity contribution in [3.05, 3.63) is 28.4 Å². The van der Waals surface area contributed by atoms with Crippen LogP contribution in [-0.2, 0) is 6.54 Å². The van der Waals surface area contributed by atoms with Gasteiger partial charge in [0.2, 0.25) is 0 Å². The molecule has 0 bridgehead atoms. The monoisotopic (exact) mass is 181 g/mol. The highest BCUT2D eigenvalue weighted by Crippen LogP contribution is 1.88. The van der Waals surface area contributed by atoms with E-state index in [0.29, 0.717) is 6.54 Å². The summed E-state index contributed by atoms with van der Waals surface area (Å²) in [7, 11) is 0. The molecule has 1 rings (SSSR count). The zero-order valence-electron chi connectivity index (χ0n) is 8.08. The largest absolute Gasteiger partial charge is 0.347 e. The topological polar surface area (TPSA) is 46.9 Å². The summed E-state index contributed by atoms with van der Waals surface area (Å²) in [4.78, 5) is 14.9. The number of aromatic nitrogens is 2. The van der Waals surface area contributed by atoms with Gasteiger partial charge in [0.1, 0.15) is 0 Å². The lowest BCUT2D eigenvalue weighted by atomic mass is 10.4. The van der Waals surface area contributed by atoms with Crippen molar-refractivity contribution in [3.63, 3.8) is 0 Å². The van der Waals surface area contributed by atoms with E-state index >= 15 is 0 Å². The minimum absolute atomic E-state index is 0.177. The van der Waals surface area contributed by atoms with Crippen LogP contribution in [0.3, 0.4) is 0 Å². The zero-order chi connectivity index (χ0) is 9.68. The van der Waals surface area contributed by atoms with Crippen molar-refractivity contribution in [1.82, 2.24) is 14.9 Å². The van der Waals surface area contributed by atoms with Crippen LogP contribution in [0.2, 0.25) is 0 Å². The Morgan fingerprint density at radius 2 is 2.38 bits per heavy atom. The molecule has 0 aromatic carbocycles. The number of aryl methyl sites for hydroxylation is 1. The maximum absolute atomic E-state index is 11.2. The first kappa shape index (κ1) is 9.92. The van der Waals surface area contributed by atoms with Gasteiger partial charge >= 0.3 is 5.69 Å². The predicted octanol–water partition coefficient (Wildman–Crippen LogP) is 0.161. The van der Waals surface area contributed by atoms with Crippen molar-refractivity contribution in [2.45, 2.75) is 20.4 Å². The second kappa shape index (κ2) is 4.77. The molecule has 1 N–H and O–H groups in total. The summed E-state index contributed by atoms with van der Waals surface area (Å²) in [5.74, 6) is 0. The van der Waals surface area contributed by atoms with Crippen molar-refractivity contribution in [1.29, 1.82) is 0 Å². The van der Waals surface area contributed by atoms with Gasteiger partial charge in [-0.2, -0.15) is 0 Å². The standard InChI is InChI=1S/C9H15N3O/c1-3-10-4-5-12-7-8(2)6-11-9(12)13/h6-7,10H,3-5H2,1-2H3. The Hall–Kier alpha value is -1.16. The van der Waals surface area contributed by atoms with Gasteiger partial charge in [-0.15, -0.1) is 0 Å². The van der Waals surface area contributed by atoms with Gasteiger partial charge in [0.15, 0.2) is 0 Å². The maximum Gasteiger partial charge on any atom is 0.347 e. The van der Waals surface area contributed by atoms with Crippen LogP contribution in [-0.4, -0.2) is 22.6 Å². The summed E-state index contributed by atoms with van der Waals surface area (Å²) < 4.78 is 1.62. The first-order valence-electron chi connectivity index (χ1n) is 4.48. The molecule has 1 heterocycles. The highest BCUT2D eigenvalue weighted by molar-refractivity contribution is 4.99. The molecule has 1 aromatic rings. The van der Waals surface area contributed by atoms with Crippen molar-refractivity contribution < 1.29 is 0 Å². The van der Waals surface area contributed by atoms with Gasteiger partial charge in [0, 0.05) is 25.5 Å². The van der Waals surface area contributed by atoms with E-state index in [1.807, 2.05) is 20.0 Å². The Bertz CT molecular complexity index is 319. The fraction of sp³-hybridized carbons (Fsp3) is 0.556. The molecular weight excluding hydrogens is 166 g/mol. The molecule has 0 radical (unpaired) electrons. The van der Waals surface area contributed by atoms with Gasteiger partial charge in [0.05, 0.1) is 0 Å². The summed E-state index contributed by atoms with van der Waals surface area (Å²) in [6.07, 6.45) is 3.42. The summed E-state index contributed by atoms with van der Waals surface area (Å²) in [5.41, 5.74) is 0.833. The average Bonchev–Trinajstić information content (AvgIpc) is 2.11. The summed E-state index contributed by atoms with van der Waals surface area (Å²) in [6.45, 7) is 6.38. The zero-order valence-corrected chi connectivity index (χ0v) is 8.08. The van der Waals surface area contributed by atoms with Crippen LogP contribution in [0, 0.1) is 6.92 Å². The molecule has 0 unspecified atom stereocenters. The number of likely N-dealkylation sites (N-methyl/N-ethyl adjacent to an activating group) is 1. The molecule has 4 nitrogen and oxygen atoms in total. The lowest BCUT2D eigenvalue weighted by Gasteiger charge is -2.05. The molecule has 4 heteroatoms. The van der Waals surface area contributed by atoms with E-state index in [1.165, 1.54) is 0 Å². The van der Waals surface area contributed by atoms with E-state index in [0.717, 1.165) is 18.7 Å². The van der Waals surface area contributed by atoms with Crippen LogP contribution in [0.15, 0.2) is 17.2 Å². The Morgan fingerprint density at radius 3 is 3.08 bits per heavy atom. The summed E-state index contributed by atoms with van der Waals surface area (Å²) in [6, 6.07) is 0. The van der Waals surface area contributed by atoms with Crippen LogP contribution < -0.4 is 11.0 Å². The van der Waals surface area contributed by atoms with Crippen molar-refractivity contribution in [3.8, 4) is 0 Å². The van der Waals surface area contributed by atoms with Crippen LogP contribution in [0.25, 0.3) is 0 Å². The summed E-state index contributed by atoms with van der Waals surface area (Å²) in [5, 5.41) is 3.16. The average molecular weight is 181 g/mol. The second-order valence-corrected chi connectivity index (χ2v) is 2.96. The van der Waals surface area contributed by atoms with Gasteiger partial charge < -0.3 is 5.32 Å². The fourth-order valence-corrected chi connectivity index (χ4v) is 1.10. The van der Waals surface area contributed by atoms with Crippen LogP contribution in [0.4, 0.5) is 0 Å². The Balaban J connectivity index is 2.65. The second-order valence-electron chi connectivity index (χ2n) is 2.96. The first-order chi connectivity index (χ1) is 6.24. The Labute approximate surface area is 77.6 Å². The molecule has 0 aliphatic rings. The molecule has 0 spiro atoms. The molecule has 0 aliphatic heterocycles.